The molecule has 1 fully saturated rings. The molecule has 2 atom stereocenters. The number of nitrogens with one attached hydrogen (secondary N) is 1. The highest BCUT2D eigenvalue weighted by atomic mass is 16.5. The molecular weight excluding hydrogens is 204 g/mol. The van der Waals surface area contributed by atoms with Crippen LogP contribution in [0.15, 0.2) is 0 Å². The second-order valence-corrected chi connectivity index (χ2v) is 5.06. The summed E-state index contributed by atoms with van der Waals surface area (Å²) in [5, 5.41) is 3.47. The van der Waals surface area contributed by atoms with E-state index in [0.29, 0.717) is 18.4 Å². The highest BCUT2D eigenvalue weighted by Gasteiger charge is 2.34. The SMILES string of the molecule is COC1(CNCC(CN)C(C)C)CCOC1. The van der Waals surface area contributed by atoms with Crippen molar-refractivity contribution in [1.29, 1.82) is 0 Å². The van der Waals surface area contributed by atoms with Crippen molar-refractivity contribution in [3.05, 3.63) is 0 Å². The van der Waals surface area contributed by atoms with E-state index in [1.54, 1.807) is 7.11 Å². The molecule has 1 saturated heterocycles. The molecule has 0 aliphatic carbocycles. The minimum absolute atomic E-state index is 0.115. The van der Waals surface area contributed by atoms with Crippen LogP contribution < -0.4 is 11.1 Å². The molecule has 0 aromatic carbocycles. The first-order valence-corrected chi connectivity index (χ1v) is 6.17. The molecule has 1 aliphatic rings. The lowest BCUT2D eigenvalue weighted by atomic mass is 9.95. The standard InChI is InChI=1S/C12H26N2O2/c1-10(2)11(6-13)7-14-8-12(15-3)4-5-16-9-12/h10-11,14H,4-9,13H2,1-3H3. The van der Waals surface area contributed by atoms with Gasteiger partial charge in [-0.25, -0.2) is 0 Å². The number of methoxy groups -OCH3 is 1. The van der Waals surface area contributed by atoms with E-state index in [2.05, 4.69) is 19.2 Å². The summed E-state index contributed by atoms with van der Waals surface area (Å²) in [6.45, 7) is 8.48. The highest BCUT2D eigenvalue weighted by molar-refractivity contribution is 4.87. The Kier molecular flexibility index (Phi) is 5.69. The van der Waals surface area contributed by atoms with Gasteiger partial charge in [0, 0.05) is 26.7 Å². The Morgan fingerprint density at radius 1 is 1.50 bits per heavy atom. The summed E-state index contributed by atoms with van der Waals surface area (Å²) in [4.78, 5) is 0. The molecule has 0 aromatic heterocycles. The minimum atomic E-state index is -0.115. The third-order valence-electron chi connectivity index (χ3n) is 3.60. The lowest BCUT2D eigenvalue weighted by Crippen LogP contribution is -2.45. The van der Waals surface area contributed by atoms with Crippen LogP contribution >= 0.6 is 0 Å². The number of ether oxygens (including phenoxy) is 2. The predicted molar refractivity (Wildman–Crippen MR) is 65.4 cm³/mol. The lowest BCUT2D eigenvalue weighted by molar-refractivity contribution is -0.0163. The smallest absolute Gasteiger partial charge is 0.106 e. The van der Waals surface area contributed by atoms with Crippen LogP contribution in [0.3, 0.4) is 0 Å². The van der Waals surface area contributed by atoms with Gasteiger partial charge in [0.15, 0.2) is 0 Å². The molecule has 4 nitrogen and oxygen atoms in total. The van der Waals surface area contributed by atoms with Gasteiger partial charge in [-0.15, -0.1) is 0 Å². The number of hydrogen-bond acceptors (Lipinski definition) is 4. The third-order valence-corrected chi connectivity index (χ3v) is 3.60. The van der Waals surface area contributed by atoms with Crippen molar-refractivity contribution in [2.24, 2.45) is 17.6 Å². The third kappa shape index (κ3) is 3.70. The lowest BCUT2D eigenvalue weighted by Gasteiger charge is -2.28. The Morgan fingerprint density at radius 2 is 2.25 bits per heavy atom. The van der Waals surface area contributed by atoms with Gasteiger partial charge in [-0.05, 0) is 24.9 Å². The van der Waals surface area contributed by atoms with Crippen molar-refractivity contribution in [2.45, 2.75) is 25.9 Å². The van der Waals surface area contributed by atoms with E-state index in [0.717, 1.165) is 32.7 Å². The monoisotopic (exact) mass is 230 g/mol. The maximum atomic E-state index is 5.74. The van der Waals surface area contributed by atoms with Gasteiger partial charge in [-0.1, -0.05) is 13.8 Å². The fraction of sp³-hybridized carbons (Fsp3) is 1.00. The molecule has 0 radical (unpaired) electrons. The van der Waals surface area contributed by atoms with Crippen LogP contribution in [0.4, 0.5) is 0 Å². The highest BCUT2D eigenvalue weighted by Crippen LogP contribution is 2.21. The van der Waals surface area contributed by atoms with Crippen molar-refractivity contribution >= 4 is 0 Å². The Morgan fingerprint density at radius 3 is 2.69 bits per heavy atom. The van der Waals surface area contributed by atoms with E-state index in [4.69, 9.17) is 15.2 Å². The van der Waals surface area contributed by atoms with Crippen LogP contribution in [0.2, 0.25) is 0 Å². The fourth-order valence-electron chi connectivity index (χ4n) is 2.04. The van der Waals surface area contributed by atoms with Crippen LogP contribution in [0.25, 0.3) is 0 Å². The van der Waals surface area contributed by atoms with E-state index in [1.165, 1.54) is 0 Å². The molecule has 16 heavy (non-hydrogen) atoms. The molecule has 1 rings (SSSR count). The number of nitrogens with two attached hydrogens (primary N) is 1. The average molecular weight is 230 g/mol. The van der Waals surface area contributed by atoms with Crippen LogP contribution in [-0.2, 0) is 9.47 Å². The van der Waals surface area contributed by atoms with Crippen LogP contribution in [0, 0.1) is 11.8 Å². The summed E-state index contributed by atoms with van der Waals surface area (Å²) in [6.07, 6.45) is 0.978. The average Bonchev–Trinajstić information content (AvgIpc) is 2.73. The zero-order chi connectivity index (χ0) is 12.0. The van der Waals surface area contributed by atoms with Gasteiger partial charge in [-0.3, -0.25) is 0 Å². The zero-order valence-corrected chi connectivity index (χ0v) is 10.8. The first-order chi connectivity index (χ1) is 7.63. The molecule has 3 N–H and O–H groups in total. The molecule has 0 amide bonds. The molecule has 0 saturated carbocycles. The Bertz CT molecular complexity index is 191. The summed E-state index contributed by atoms with van der Waals surface area (Å²) in [6, 6.07) is 0. The largest absolute Gasteiger partial charge is 0.378 e. The van der Waals surface area contributed by atoms with Gasteiger partial charge < -0.3 is 20.5 Å². The number of hydrogen-bond donors (Lipinski definition) is 2. The molecule has 1 aliphatic heterocycles. The van der Waals surface area contributed by atoms with E-state index in [9.17, 15) is 0 Å². The molecule has 0 spiro atoms. The summed E-state index contributed by atoms with van der Waals surface area (Å²) in [7, 11) is 1.76. The normalized spacial score (nSPS) is 27.6. The molecule has 4 heteroatoms. The summed E-state index contributed by atoms with van der Waals surface area (Å²) in [5.74, 6) is 1.16. The van der Waals surface area contributed by atoms with E-state index in [-0.39, 0.29) is 5.60 Å². The van der Waals surface area contributed by atoms with Gasteiger partial charge >= 0.3 is 0 Å². The second-order valence-electron chi connectivity index (χ2n) is 5.06. The van der Waals surface area contributed by atoms with Crippen molar-refractivity contribution in [3.8, 4) is 0 Å². The van der Waals surface area contributed by atoms with Crippen molar-refractivity contribution in [3.63, 3.8) is 0 Å². The molecule has 2 unspecified atom stereocenters. The van der Waals surface area contributed by atoms with Gasteiger partial charge in [-0.2, -0.15) is 0 Å². The summed E-state index contributed by atoms with van der Waals surface area (Å²) in [5.41, 5.74) is 5.62. The van der Waals surface area contributed by atoms with Gasteiger partial charge in [0.05, 0.1) is 6.61 Å². The topological polar surface area (TPSA) is 56.5 Å². The van der Waals surface area contributed by atoms with Gasteiger partial charge in [0.25, 0.3) is 0 Å². The van der Waals surface area contributed by atoms with Gasteiger partial charge in [0.1, 0.15) is 5.60 Å². The molecule has 96 valence electrons. The van der Waals surface area contributed by atoms with Crippen molar-refractivity contribution < 1.29 is 9.47 Å². The van der Waals surface area contributed by atoms with Crippen LogP contribution in [0.1, 0.15) is 20.3 Å². The quantitative estimate of drug-likeness (QED) is 0.673. The summed E-state index contributed by atoms with van der Waals surface area (Å²) < 4.78 is 10.9. The predicted octanol–water partition coefficient (Wildman–Crippen LogP) is 0.612. The maximum Gasteiger partial charge on any atom is 0.106 e. The summed E-state index contributed by atoms with van der Waals surface area (Å²) >= 11 is 0. The van der Waals surface area contributed by atoms with Crippen molar-refractivity contribution in [1.82, 2.24) is 5.32 Å². The maximum absolute atomic E-state index is 5.74. The Balaban J connectivity index is 2.27. The van der Waals surface area contributed by atoms with Crippen LogP contribution in [0.5, 0.6) is 0 Å². The molecule has 1 heterocycles. The van der Waals surface area contributed by atoms with Gasteiger partial charge in [0.2, 0.25) is 0 Å². The fourth-order valence-corrected chi connectivity index (χ4v) is 2.04. The molecule has 0 aromatic rings. The minimum Gasteiger partial charge on any atom is -0.378 e. The molecule has 0 bridgehead atoms. The van der Waals surface area contributed by atoms with Crippen molar-refractivity contribution in [2.75, 3.05) is 40.0 Å². The Labute approximate surface area is 98.9 Å². The van der Waals surface area contributed by atoms with E-state index in [1.807, 2.05) is 0 Å². The van der Waals surface area contributed by atoms with Crippen LogP contribution in [-0.4, -0.2) is 45.6 Å². The molecular formula is C12H26N2O2. The van der Waals surface area contributed by atoms with E-state index < -0.39 is 0 Å². The number of rotatable bonds is 7. The first kappa shape index (κ1) is 13.9. The van der Waals surface area contributed by atoms with E-state index >= 15 is 0 Å². The zero-order valence-electron chi connectivity index (χ0n) is 10.8. The first-order valence-electron chi connectivity index (χ1n) is 6.17. The second kappa shape index (κ2) is 6.55. The Hall–Kier alpha value is -0.160.